The molecule has 0 aliphatic carbocycles. The van der Waals surface area contributed by atoms with E-state index in [4.69, 9.17) is 34.8 Å². The van der Waals surface area contributed by atoms with Crippen molar-refractivity contribution >= 4 is 51.7 Å². The van der Waals surface area contributed by atoms with Gasteiger partial charge in [0.25, 0.3) is 0 Å². The van der Waals surface area contributed by atoms with Crippen LogP contribution in [0.25, 0.3) is 22.2 Å². The zero-order valence-corrected chi connectivity index (χ0v) is 16.0. The fourth-order valence-corrected chi connectivity index (χ4v) is 3.67. The quantitative estimate of drug-likeness (QED) is 0.548. The lowest BCUT2D eigenvalue weighted by Crippen LogP contribution is -2.09. The molecule has 1 heterocycles. The number of carboxylic acid groups (broad SMARTS) is 1. The van der Waals surface area contributed by atoms with E-state index in [0.717, 1.165) is 27.7 Å². The summed E-state index contributed by atoms with van der Waals surface area (Å²) in [7, 11) is 0. The maximum absolute atomic E-state index is 11.7. The zero-order chi connectivity index (χ0) is 18.3. The van der Waals surface area contributed by atoms with Gasteiger partial charge in [-0.1, -0.05) is 40.9 Å². The Hall–Kier alpha value is -1.68. The van der Waals surface area contributed by atoms with Gasteiger partial charge in [-0.2, -0.15) is 0 Å². The monoisotopic (exact) mass is 395 g/mol. The van der Waals surface area contributed by atoms with Crippen LogP contribution in [0.1, 0.15) is 25.3 Å². The van der Waals surface area contributed by atoms with Crippen molar-refractivity contribution in [2.75, 3.05) is 0 Å². The first-order valence-electron chi connectivity index (χ1n) is 7.85. The van der Waals surface area contributed by atoms with Crippen molar-refractivity contribution in [1.82, 2.24) is 4.57 Å². The summed E-state index contributed by atoms with van der Waals surface area (Å²) < 4.78 is 2.08. The summed E-state index contributed by atoms with van der Waals surface area (Å²) in [4.78, 5) is 11.7. The van der Waals surface area contributed by atoms with Crippen molar-refractivity contribution in [1.29, 1.82) is 0 Å². The predicted octanol–water partition coefficient (Wildman–Crippen LogP) is 6.48. The second-order valence-electron chi connectivity index (χ2n) is 5.86. The van der Waals surface area contributed by atoms with Crippen LogP contribution in [0.3, 0.4) is 0 Å². The molecule has 0 saturated heterocycles. The molecule has 1 unspecified atom stereocenters. The van der Waals surface area contributed by atoms with Crippen molar-refractivity contribution in [3.05, 3.63) is 57.0 Å². The van der Waals surface area contributed by atoms with Crippen LogP contribution >= 0.6 is 34.8 Å². The number of fused-ring (bicyclic) bond motifs is 1. The molecule has 130 valence electrons. The molecule has 3 rings (SSSR count). The van der Waals surface area contributed by atoms with Crippen LogP contribution in [0.4, 0.5) is 0 Å². The van der Waals surface area contributed by atoms with Crippen molar-refractivity contribution < 1.29 is 9.90 Å². The Balaban J connectivity index is 2.44. The number of carbonyl (C=O) groups is 1. The largest absolute Gasteiger partial charge is 0.481 e. The number of carboxylic acids is 1. The van der Waals surface area contributed by atoms with Gasteiger partial charge in [-0.25, -0.2) is 0 Å². The average molecular weight is 397 g/mol. The van der Waals surface area contributed by atoms with Gasteiger partial charge >= 0.3 is 5.97 Å². The fraction of sp³-hybridized carbons (Fsp3) is 0.211. The molecular weight excluding hydrogens is 381 g/mol. The van der Waals surface area contributed by atoms with E-state index >= 15 is 0 Å². The first kappa shape index (κ1) is 18.1. The maximum Gasteiger partial charge on any atom is 0.310 e. The lowest BCUT2D eigenvalue weighted by molar-refractivity contribution is -0.138. The number of halogens is 3. The maximum atomic E-state index is 11.7. The standard InChI is InChI=1S/C19H16Cl3NO2/c1-3-23-16-7-5-12(20)9-13(16)17(10(2)19(24)25)18(23)11-4-6-14(21)15(22)8-11/h4-10H,3H2,1-2H3,(H,24,25). The predicted molar refractivity (Wildman–Crippen MR) is 104 cm³/mol. The topological polar surface area (TPSA) is 42.2 Å². The van der Waals surface area contributed by atoms with Crippen LogP contribution in [0.2, 0.25) is 15.1 Å². The number of aryl methyl sites for hydroxylation is 1. The summed E-state index contributed by atoms with van der Waals surface area (Å²) in [5.74, 6) is -1.59. The van der Waals surface area contributed by atoms with Crippen molar-refractivity contribution in [3.8, 4) is 11.3 Å². The number of hydrogen-bond acceptors (Lipinski definition) is 1. The molecule has 0 amide bonds. The minimum absolute atomic E-state index is 0.430. The lowest BCUT2D eigenvalue weighted by atomic mass is 9.94. The van der Waals surface area contributed by atoms with E-state index in [2.05, 4.69) is 4.57 Å². The molecule has 0 aliphatic rings. The molecule has 0 bridgehead atoms. The van der Waals surface area contributed by atoms with Gasteiger partial charge in [-0.05, 0) is 49.7 Å². The molecule has 25 heavy (non-hydrogen) atoms. The number of aromatic nitrogens is 1. The molecule has 0 fully saturated rings. The minimum atomic E-state index is -0.892. The Bertz CT molecular complexity index is 978. The van der Waals surface area contributed by atoms with Crippen LogP contribution in [-0.2, 0) is 11.3 Å². The van der Waals surface area contributed by atoms with Crippen LogP contribution in [-0.4, -0.2) is 15.6 Å². The summed E-state index contributed by atoms with van der Waals surface area (Å²) in [5, 5.41) is 11.9. The molecule has 1 atom stereocenters. The molecule has 1 N–H and O–H groups in total. The number of nitrogens with zero attached hydrogens (tertiary/aromatic N) is 1. The van der Waals surface area contributed by atoms with Gasteiger partial charge in [0.1, 0.15) is 0 Å². The second kappa shape index (κ2) is 6.91. The Morgan fingerprint density at radius 2 is 1.84 bits per heavy atom. The normalized spacial score (nSPS) is 12.5. The van der Waals surface area contributed by atoms with E-state index < -0.39 is 11.9 Å². The third kappa shape index (κ3) is 3.12. The van der Waals surface area contributed by atoms with Crippen LogP contribution in [0, 0.1) is 0 Å². The first-order chi connectivity index (χ1) is 11.8. The smallest absolute Gasteiger partial charge is 0.310 e. The summed E-state index contributed by atoms with van der Waals surface area (Å²) in [5.41, 5.74) is 3.32. The number of rotatable bonds is 4. The Morgan fingerprint density at radius 3 is 2.44 bits per heavy atom. The molecule has 2 aromatic carbocycles. The summed E-state index contributed by atoms with van der Waals surface area (Å²) in [6.07, 6.45) is 0. The Kier molecular flexibility index (Phi) is 5.01. The summed E-state index contributed by atoms with van der Waals surface area (Å²) in [6.45, 7) is 4.38. The average Bonchev–Trinajstić information content (AvgIpc) is 2.89. The number of benzene rings is 2. The highest BCUT2D eigenvalue weighted by Crippen LogP contribution is 2.41. The van der Waals surface area contributed by atoms with E-state index in [1.807, 2.05) is 31.2 Å². The number of hydrogen-bond donors (Lipinski definition) is 1. The fourth-order valence-electron chi connectivity index (χ4n) is 3.20. The third-order valence-electron chi connectivity index (χ3n) is 4.38. The Labute approximate surface area is 160 Å². The molecule has 0 spiro atoms. The molecule has 3 aromatic rings. The van der Waals surface area contributed by atoms with Gasteiger partial charge in [-0.15, -0.1) is 0 Å². The molecular formula is C19H16Cl3NO2. The highest BCUT2D eigenvalue weighted by molar-refractivity contribution is 6.42. The highest BCUT2D eigenvalue weighted by Gasteiger charge is 2.26. The van der Waals surface area contributed by atoms with Crippen molar-refractivity contribution in [3.63, 3.8) is 0 Å². The molecule has 0 saturated carbocycles. The Morgan fingerprint density at radius 1 is 1.12 bits per heavy atom. The SMILES string of the molecule is CCn1c(-c2ccc(Cl)c(Cl)c2)c(C(C)C(=O)O)c2cc(Cl)ccc21. The van der Waals surface area contributed by atoms with Crippen molar-refractivity contribution in [2.45, 2.75) is 26.3 Å². The molecule has 0 radical (unpaired) electrons. The van der Waals surface area contributed by atoms with Crippen molar-refractivity contribution in [2.24, 2.45) is 0 Å². The first-order valence-corrected chi connectivity index (χ1v) is 8.98. The zero-order valence-electron chi connectivity index (χ0n) is 13.7. The van der Waals surface area contributed by atoms with Crippen LogP contribution in [0.5, 0.6) is 0 Å². The lowest BCUT2D eigenvalue weighted by Gasteiger charge is -2.14. The van der Waals surface area contributed by atoms with Crippen LogP contribution in [0.15, 0.2) is 36.4 Å². The molecule has 1 aromatic heterocycles. The summed E-state index contributed by atoms with van der Waals surface area (Å²) in [6, 6.07) is 10.9. The molecule has 6 heteroatoms. The molecule has 0 aliphatic heterocycles. The van der Waals surface area contributed by atoms with Gasteiger partial charge < -0.3 is 9.67 Å². The van der Waals surface area contributed by atoms with E-state index in [9.17, 15) is 9.90 Å². The van der Waals surface area contributed by atoms with Gasteiger partial charge in [0.15, 0.2) is 0 Å². The number of aliphatic carboxylic acids is 1. The second-order valence-corrected chi connectivity index (χ2v) is 7.11. The van der Waals surface area contributed by atoms with Crippen LogP contribution < -0.4 is 0 Å². The van der Waals surface area contributed by atoms with E-state index in [1.54, 1.807) is 19.1 Å². The summed E-state index contributed by atoms with van der Waals surface area (Å²) >= 11 is 18.4. The van der Waals surface area contributed by atoms with E-state index in [-0.39, 0.29) is 0 Å². The van der Waals surface area contributed by atoms with Gasteiger partial charge in [0, 0.05) is 28.0 Å². The highest BCUT2D eigenvalue weighted by atomic mass is 35.5. The van der Waals surface area contributed by atoms with Gasteiger partial charge in [-0.3, -0.25) is 4.79 Å². The third-order valence-corrected chi connectivity index (χ3v) is 5.35. The molecule has 3 nitrogen and oxygen atoms in total. The van der Waals surface area contributed by atoms with Gasteiger partial charge in [0.2, 0.25) is 0 Å². The van der Waals surface area contributed by atoms with E-state index in [1.165, 1.54) is 0 Å². The van der Waals surface area contributed by atoms with E-state index in [0.29, 0.717) is 21.6 Å². The van der Waals surface area contributed by atoms with Gasteiger partial charge in [0.05, 0.1) is 21.7 Å². The minimum Gasteiger partial charge on any atom is -0.481 e.